The van der Waals surface area contributed by atoms with E-state index in [1.165, 1.54) is 4.90 Å². The number of rotatable bonds is 6. The maximum Gasteiger partial charge on any atom is 0.410 e. The second kappa shape index (κ2) is 8.06. The minimum Gasteiger partial charge on any atom is -0.450 e. The van der Waals surface area contributed by atoms with E-state index in [-0.39, 0.29) is 6.54 Å². The molecular formula is C14H17NO3. The van der Waals surface area contributed by atoms with Crippen molar-refractivity contribution in [1.29, 1.82) is 0 Å². The third kappa shape index (κ3) is 4.82. The van der Waals surface area contributed by atoms with E-state index < -0.39 is 6.09 Å². The molecule has 0 radical (unpaired) electrons. The summed E-state index contributed by atoms with van der Waals surface area (Å²) in [6, 6.07) is 9.74. The molecule has 0 aliphatic carbocycles. The lowest BCUT2D eigenvalue weighted by Gasteiger charge is -2.17. The van der Waals surface area contributed by atoms with Crippen LogP contribution in [0, 0.1) is 0 Å². The Morgan fingerprint density at radius 2 is 2.00 bits per heavy atom. The highest BCUT2D eigenvalue weighted by molar-refractivity contribution is 5.71. The first-order valence-electron chi connectivity index (χ1n) is 5.84. The van der Waals surface area contributed by atoms with E-state index in [1.54, 1.807) is 6.92 Å². The average molecular weight is 247 g/mol. The molecule has 0 saturated carbocycles. The van der Waals surface area contributed by atoms with Gasteiger partial charge in [-0.05, 0) is 12.5 Å². The molecule has 0 fully saturated rings. The first-order valence-corrected chi connectivity index (χ1v) is 5.84. The van der Waals surface area contributed by atoms with Gasteiger partial charge in [0.25, 0.3) is 0 Å². The summed E-state index contributed by atoms with van der Waals surface area (Å²) in [5.74, 6) is 0. The maximum absolute atomic E-state index is 11.5. The lowest BCUT2D eigenvalue weighted by atomic mass is 10.2. The van der Waals surface area contributed by atoms with E-state index in [0.717, 1.165) is 5.56 Å². The topological polar surface area (TPSA) is 46.6 Å². The number of hydrogen-bond acceptors (Lipinski definition) is 3. The van der Waals surface area contributed by atoms with Crippen molar-refractivity contribution in [3.8, 4) is 0 Å². The zero-order valence-electron chi connectivity index (χ0n) is 10.4. The Bertz CT molecular complexity index is 401. The van der Waals surface area contributed by atoms with Gasteiger partial charge in [0.15, 0.2) is 0 Å². The fourth-order valence-corrected chi connectivity index (χ4v) is 1.41. The number of hydrogen-bond donors (Lipinski definition) is 0. The lowest BCUT2D eigenvalue weighted by molar-refractivity contribution is -0.108. The molecule has 1 aromatic carbocycles. The smallest absolute Gasteiger partial charge is 0.410 e. The van der Waals surface area contributed by atoms with Crippen LogP contribution < -0.4 is 0 Å². The monoisotopic (exact) mass is 247 g/mol. The number of benzene rings is 1. The molecule has 0 bridgehead atoms. The number of carbonyl (C=O) groups is 2. The SMILES string of the molecule is CCOC(=O)N(CC=O)CC=Cc1ccccc1. The quantitative estimate of drug-likeness (QED) is 0.725. The molecule has 1 aromatic rings. The van der Waals surface area contributed by atoms with Gasteiger partial charge in [-0.3, -0.25) is 4.90 Å². The third-order valence-corrected chi connectivity index (χ3v) is 2.26. The Labute approximate surface area is 107 Å². The fourth-order valence-electron chi connectivity index (χ4n) is 1.41. The molecule has 0 aliphatic rings. The van der Waals surface area contributed by atoms with E-state index in [4.69, 9.17) is 4.74 Å². The van der Waals surface area contributed by atoms with Crippen LogP contribution in [0.25, 0.3) is 6.08 Å². The number of amides is 1. The largest absolute Gasteiger partial charge is 0.450 e. The summed E-state index contributed by atoms with van der Waals surface area (Å²) in [7, 11) is 0. The van der Waals surface area contributed by atoms with E-state index in [0.29, 0.717) is 19.4 Å². The van der Waals surface area contributed by atoms with Gasteiger partial charge in [-0.25, -0.2) is 4.79 Å². The minimum atomic E-state index is -0.470. The minimum absolute atomic E-state index is 0.0396. The van der Waals surface area contributed by atoms with Gasteiger partial charge in [-0.2, -0.15) is 0 Å². The second-order valence-electron chi connectivity index (χ2n) is 3.58. The molecule has 0 saturated heterocycles. The van der Waals surface area contributed by atoms with Crippen molar-refractivity contribution < 1.29 is 14.3 Å². The van der Waals surface area contributed by atoms with Crippen LogP contribution in [0.15, 0.2) is 36.4 Å². The summed E-state index contributed by atoms with van der Waals surface area (Å²) in [5, 5.41) is 0. The summed E-state index contributed by atoms with van der Waals surface area (Å²) in [4.78, 5) is 23.3. The molecular weight excluding hydrogens is 230 g/mol. The number of nitrogens with zero attached hydrogens (tertiary/aromatic N) is 1. The lowest BCUT2D eigenvalue weighted by Crippen LogP contribution is -2.33. The van der Waals surface area contributed by atoms with Crippen LogP contribution in [0.1, 0.15) is 12.5 Å². The predicted octanol–water partition coefficient (Wildman–Crippen LogP) is 2.36. The Kier molecular flexibility index (Phi) is 6.25. The molecule has 0 atom stereocenters. The summed E-state index contributed by atoms with van der Waals surface area (Å²) < 4.78 is 4.85. The molecule has 0 unspecified atom stereocenters. The van der Waals surface area contributed by atoms with Gasteiger partial charge in [-0.1, -0.05) is 42.5 Å². The van der Waals surface area contributed by atoms with Gasteiger partial charge in [0.05, 0.1) is 13.2 Å². The summed E-state index contributed by atoms with van der Waals surface area (Å²) in [6.45, 7) is 2.43. The Balaban J connectivity index is 2.54. The molecule has 4 nitrogen and oxygen atoms in total. The van der Waals surface area contributed by atoms with Gasteiger partial charge >= 0.3 is 6.09 Å². The van der Waals surface area contributed by atoms with E-state index in [1.807, 2.05) is 42.5 Å². The summed E-state index contributed by atoms with van der Waals surface area (Å²) >= 11 is 0. The molecule has 0 aliphatic heterocycles. The van der Waals surface area contributed by atoms with Gasteiger partial charge in [0, 0.05) is 6.54 Å². The number of ether oxygens (including phenoxy) is 1. The van der Waals surface area contributed by atoms with Gasteiger partial charge in [-0.15, -0.1) is 0 Å². The maximum atomic E-state index is 11.5. The summed E-state index contributed by atoms with van der Waals surface area (Å²) in [6.07, 6.45) is 3.95. The first kappa shape index (κ1) is 14.0. The molecule has 96 valence electrons. The molecule has 0 heterocycles. The van der Waals surface area contributed by atoms with E-state index >= 15 is 0 Å². The average Bonchev–Trinajstić information content (AvgIpc) is 2.39. The molecule has 0 N–H and O–H groups in total. The Hall–Kier alpha value is -2.10. The van der Waals surface area contributed by atoms with Crippen molar-refractivity contribution in [3.05, 3.63) is 42.0 Å². The molecule has 1 amide bonds. The zero-order chi connectivity index (χ0) is 13.2. The van der Waals surface area contributed by atoms with Crippen LogP contribution in [0.4, 0.5) is 4.79 Å². The Morgan fingerprint density at radius 1 is 1.28 bits per heavy atom. The van der Waals surface area contributed by atoms with Gasteiger partial charge in [0.1, 0.15) is 6.29 Å². The van der Waals surface area contributed by atoms with Crippen LogP contribution in [-0.2, 0) is 9.53 Å². The molecule has 4 heteroatoms. The Morgan fingerprint density at radius 3 is 2.61 bits per heavy atom. The third-order valence-electron chi connectivity index (χ3n) is 2.26. The van der Waals surface area contributed by atoms with Gasteiger partial charge < -0.3 is 9.53 Å². The van der Waals surface area contributed by atoms with Crippen LogP contribution in [0.2, 0.25) is 0 Å². The molecule has 0 spiro atoms. The van der Waals surface area contributed by atoms with Crippen molar-refractivity contribution in [2.24, 2.45) is 0 Å². The zero-order valence-corrected chi connectivity index (χ0v) is 10.4. The number of aldehydes is 1. The molecule has 18 heavy (non-hydrogen) atoms. The van der Waals surface area contributed by atoms with E-state index in [2.05, 4.69) is 0 Å². The normalized spacial score (nSPS) is 10.3. The van der Waals surface area contributed by atoms with Crippen molar-refractivity contribution in [2.45, 2.75) is 6.92 Å². The standard InChI is InChI=1S/C14H17NO3/c1-2-18-14(17)15(11-12-16)10-6-9-13-7-4-3-5-8-13/h3-9,12H,2,10-11H2,1H3. The predicted molar refractivity (Wildman–Crippen MR) is 70.1 cm³/mol. The summed E-state index contributed by atoms with van der Waals surface area (Å²) in [5.41, 5.74) is 1.05. The first-order chi connectivity index (χ1) is 8.77. The van der Waals surface area contributed by atoms with Crippen molar-refractivity contribution >= 4 is 18.5 Å². The van der Waals surface area contributed by atoms with Crippen LogP contribution in [0.3, 0.4) is 0 Å². The number of carbonyl (C=O) groups excluding carboxylic acids is 2. The van der Waals surface area contributed by atoms with Crippen molar-refractivity contribution in [2.75, 3.05) is 19.7 Å². The van der Waals surface area contributed by atoms with Gasteiger partial charge in [0.2, 0.25) is 0 Å². The molecule has 0 aromatic heterocycles. The highest BCUT2D eigenvalue weighted by Crippen LogP contribution is 2.02. The van der Waals surface area contributed by atoms with E-state index in [9.17, 15) is 9.59 Å². The molecule has 1 rings (SSSR count). The van der Waals surface area contributed by atoms with Crippen LogP contribution in [0.5, 0.6) is 0 Å². The second-order valence-corrected chi connectivity index (χ2v) is 3.58. The van der Waals surface area contributed by atoms with Crippen molar-refractivity contribution in [3.63, 3.8) is 0 Å². The highest BCUT2D eigenvalue weighted by atomic mass is 16.6. The highest BCUT2D eigenvalue weighted by Gasteiger charge is 2.11. The van der Waals surface area contributed by atoms with Crippen molar-refractivity contribution in [1.82, 2.24) is 4.90 Å². The fraction of sp³-hybridized carbons (Fsp3) is 0.286. The van der Waals surface area contributed by atoms with Crippen LogP contribution >= 0.6 is 0 Å². The van der Waals surface area contributed by atoms with Crippen LogP contribution in [-0.4, -0.2) is 37.0 Å².